The summed E-state index contributed by atoms with van der Waals surface area (Å²) >= 11 is 0. The van der Waals surface area contributed by atoms with Crippen molar-refractivity contribution in [1.29, 1.82) is 0 Å². The largest absolute Gasteiger partial charge is 0.462 e. The molecule has 0 amide bonds. The summed E-state index contributed by atoms with van der Waals surface area (Å²) in [6, 6.07) is 0. The lowest BCUT2D eigenvalue weighted by Crippen LogP contribution is -2.71. The van der Waals surface area contributed by atoms with E-state index in [1.165, 1.54) is 0 Å². The second-order valence-electron chi connectivity index (χ2n) is 9.82. The molecule has 4 bridgehead atoms. The van der Waals surface area contributed by atoms with Crippen LogP contribution in [-0.4, -0.2) is 75.9 Å². The van der Waals surface area contributed by atoms with Gasteiger partial charge in [-0.25, -0.2) is 9.18 Å². The van der Waals surface area contributed by atoms with Crippen molar-refractivity contribution in [3.63, 3.8) is 0 Å². The van der Waals surface area contributed by atoms with Gasteiger partial charge in [0.05, 0.1) is 17.8 Å². The van der Waals surface area contributed by atoms with Crippen LogP contribution in [0.15, 0.2) is 0 Å². The highest BCUT2D eigenvalue weighted by Crippen LogP contribution is 2.63. The van der Waals surface area contributed by atoms with Gasteiger partial charge in [-0.2, -0.15) is 47.9 Å². The molecular weight excluding hydrogens is 538 g/mol. The zero-order valence-corrected chi connectivity index (χ0v) is 18.0. The second-order valence-corrected chi connectivity index (χ2v) is 11.3. The molecule has 7 nitrogen and oxygen atoms in total. The van der Waals surface area contributed by atoms with E-state index in [0.29, 0.717) is 0 Å². The molecule has 0 saturated heterocycles. The summed E-state index contributed by atoms with van der Waals surface area (Å²) in [4.78, 5) is 12.0. The number of hydrogen-bond acceptors (Lipinski definition) is 6. The standard InChI is InChI=1S/C17H18F10O7S/c18-13(35(31,32)33,14(19,20)15(21,22)16(23,24)17(25,26)27)9(28)34-7-10-1-8-2-11(29,4-10)6-12(30,3-8)5-10/h8,29-30H,1-7H2,(H,31,32,33). The van der Waals surface area contributed by atoms with Crippen molar-refractivity contribution in [2.75, 3.05) is 6.61 Å². The highest BCUT2D eigenvalue weighted by Gasteiger charge is 2.91. The molecule has 18 heteroatoms. The van der Waals surface area contributed by atoms with Gasteiger partial charge in [-0.15, -0.1) is 0 Å². The van der Waals surface area contributed by atoms with E-state index in [4.69, 9.17) is 4.55 Å². The number of ether oxygens (including phenoxy) is 1. The number of hydrogen-bond donors (Lipinski definition) is 3. The van der Waals surface area contributed by atoms with Crippen LogP contribution in [0, 0.1) is 11.3 Å². The van der Waals surface area contributed by atoms with E-state index in [1.807, 2.05) is 0 Å². The molecule has 204 valence electrons. The van der Waals surface area contributed by atoms with Gasteiger partial charge < -0.3 is 14.9 Å². The zero-order chi connectivity index (χ0) is 27.3. The first-order valence-corrected chi connectivity index (χ1v) is 11.2. The van der Waals surface area contributed by atoms with E-state index in [0.717, 1.165) is 0 Å². The van der Waals surface area contributed by atoms with Gasteiger partial charge in [0.1, 0.15) is 0 Å². The van der Waals surface area contributed by atoms with E-state index >= 15 is 0 Å². The molecule has 3 atom stereocenters. The third-order valence-electron chi connectivity index (χ3n) is 6.80. The number of aliphatic hydroxyl groups is 2. The zero-order valence-electron chi connectivity index (χ0n) is 17.2. The summed E-state index contributed by atoms with van der Waals surface area (Å²) in [6.45, 7) is -1.31. The summed E-state index contributed by atoms with van der Waals surface area (Å²) in [5.74, 6) is -27.4. The lowest BCUT2D eigenvalue weighted by molar-refractivity contribution is -0.404. The van der Waals surface area contributed by atoms with Crippen LogP contribution in [0.1, 0.15) is 38.5 Å². The molecule has 4 aliphatic carbocycles. The maximum Gasteiger partial charge on any atom is 0.460 e. The predicted molar refractivity (Wildman–Crippen MR) is 90.8 cm³/mol. The van der Waals surface area contributed by atoms with Crippen LogP contribution in [0.4, 0.5) is 43.9 Å². The SMILES string of the molecule is O=C(OCC12CC3CC(O)(CC(O)(C3)C1)C2)C(F)(C(F)(F)C(F)(F)C(F)(F)C(F)(F)F)S(=O)(=O)O. The minimum atomic E-state index is -7.91. The molecule has 0 spiro atoms. The number of carbonyl (C=O) groups is 1. The first kappa shape index (κ1) is 28.2. The highest BCUT2D eigenvalue weighted by molar-refractivity contribution is 7.88. The quantitative estimate of drug-likeness (QED) is 0.251. The number of alkyl halides is 10. The normalized spacial score (nSPS) is 35.6. The Morgan fingerprint density at radius 3 is 1.63 bits per heavy atom. The molecule has 3 N–H and O–H groups in total. The second kappa shape index (κ2) is 7.34. The van der Waals surface area contributed by atoms with Crippen LogP contribution >= 0.6 is 0 Å². The molecule has 3 unspecified atom stereocenters. The fourth-order valence-electron chi connectivity index (χ4n) is 5.98. The molecule has 4 saturated carbocycles. The topological polar surface area (TPSA) is 121 Å². The summed E-state index contributed by atoms with van der Waals surface area (Å²) < 4.78 is 169. The molecule has 4 aliphatic rings. The van der Waals surface area contributed by atoms with Gasteiger partial charge in [-0.1, -0.05) is 0 Å². The Bertz CT molecular complexity index is 995. The fourth-order valence-corrected chi connectivity index (χ4v) is 6.70. The Morgan fingerprint density at radius 2 is 1.26 bits per heavy atom. The van der Waals surface area contributed by atoms with Crippen molar-refractivity contribution in [3.8, 4) is 0 Å². The van der Waals surface area contributed by atoms with E-state index in [-0.39, 0.29) is 38.5 Å². The Labute approximate surface area is 190 Å². The maximum atomic E-state index is 14.9. The van der Waals surface area contributed by atoms with Gasteiger partial charge >= 0.3 is 45.0 Å². The number of carbonyl (C=O) groups excluding carboxylic acids is 1. The molecular formula is C17H18F10O7S. The van der Waals surface area contributed by atoms with Gasteiger partial charge in [0, 0.05) is 11.8 Å². The Morgan fingerprint density at radius 1 is 0.800 bits per heavy atom. The van der Waals surface area contributed by atoms with Crippen LogP contribution in [0.25, 0.3) is 0 Å². The van der Waals surface area contributed by atoms with Gasteiger partial charge in [-0.05, 0) is 38.0 Å². The molecule has 0 aromatic carbocycles. The lowest BCUT2D eigenvalue weighted by Gasteiger charge is -2.63. The van der Waals surface area contributed by atoms with E-state index < -0.39 is 74.2 Å². The van der Waals surface area contributed by atoms with Gasteiger partial charge in [0.25, 0.3) is 0 Å². The predicted octanol–water partition coefficient (Wildman–Crippen LogP) is 3.00. The summed E-state index contributed by atoms with van der Waals surface area (Å²) in [5, 5.41) is 14.3. The molecule has 35 heavy (non-hydrogen) atoms. The average Bonchev–Trinajstić information content (AvgIpc) is 2.60. The molecule has 0 radical (unpaired) electrons. The highest BCUT2D eigenvalue weighted by atomic mass is 32.2. The van der Waals surface area contributed by atoms with Crippen LogP contribution < -0.4 is 0 Å². The van der Waals surface area contributed by atoms with E-state index in [9.17, 15) is 67.3 Å². The Hall–Kier alpha value is -1.40. The molecule has 0 aromatic rings. The third kappa shape index (κ3) is 3.89. The monoisotopic (exact) mass is 556 g/mol. The smallest absolute Gasteiger partial charge is 0.460 e. The summed E-state index contributed by atoms with van der Waals surface area (Å²) in [7, 11) is -7.48. The third-order valence-corrected chi connectivity index (χ3v) is 7.94. The van der Waals surface area contributed by atoms with Crippen LogP contribution in [0.5, 0.6) is 0 Å². The van der Waals surface area contributed by atoms with Crippen LogP contribution in [-0.2, 0) is 19.6 Å². The minimum absolute atomic E-state index is 0.00520. The number of halogens is 10. The minimum Gasteiger partial charge on any atom is -0.462 e. The summed E-state index contributed by atoms with van der Waals surface area (Å²) in [6.07, 6.45) is -7.93. The van der Waals surface area contributed by atoms with Crippen molar-refractivity contribution < 1.29 is 76.6 Å². The van der Waals surface area contributed by atoms with Gasteiger partial charge in [0.15, 0.2) is 0 Å². The maximum absolute atomic E-state index is 14.9. The molecule has 4 rings (SSSR count). The molecule has 4 fully saturated rings. The first-order valence-electron chi connectivity index (χ1n) is 9.76. The first-order chi connectivity index (χ1) is 15.3. The van der Waals surface area contributed by atoms with Gasteiger partial charge in [-0.3, -0.25) is 4.55 Å². The summed E-state index contributed by atoms with van der Waals surface area (Å²) in [5.41, 5.74) is -4.66. The van der Waals surface area contributed by atoms with Crippen molar-refractivity contribution >= 4 is 16.1 Å². The van der Waals surface area contributed by atoms with Gasteiger partial charge in [0.2, 0.25) is 0 Å². The van der Waals surface area contributed by atoms with E-state index in [1.54, 1.807) is 0 Å². The van der Waals surface area contributed by atoms with Crippen molar-refractivity contribution in [1.82, 2.24) is 0 Å². The van der Waals surface area contributed by atoms with Crippen molar-refractivity contribution in [2.45, 2.75) is 78.7 Å². The lowest BCUT2D eigenvalue weighted by atomic mass is 9.46. The number of rotatable bonds is 7. The molecule has 0 heterocycles. The Balaban J connectivity index is 1.96. The van der Waals surface area contributed by atoms with Crippen molar-refractivity contribution in [2.24, 2.45) is 11.3 Å². The Kier molecular flexibility index (Phi) is 5.91. The molecule has 0 aromatic heterocycles. The van der Waals surface area contributed by atoms with Crippen molar-refractivity contribution in [3.05, 3.63) is 0 Å². The fraction of sp³-hybridized carbons (Fsp3) is 0.941. The number of esters is 1. The average molecular weight is 556 g/mol. The van der Waals surface area contributed by atoms with E-state index in [2.05, 4.69) is 4.74 Å². The molecule has 0 aliphatic heterocycles. The van der Waals surface area contributed by atoms with Crippen LogP contribution in [0.2, 0.25) is 0 Å². The van der Waals surface area contributed by atoms with Crippen LogP contribution in [0.3, 0.4) is 0 Å².